The molecule has 2 rings (SSSR count). The summed E-state index contributed by atoms with van der Waals surface area (Å²) < 4.78 is 28.1. The molecule has 0 aliphatic heterocycles. The van der Waals surface area contributed by atoms with Crippen LogP contribution >= 0.6 is 0 Å². The lowest BCUT2D eigenvalue weighted by Gasteiger charge is -2.24. The fourth-order valence-electron chi connectivity index (χ4n) is 3.27. The van der Waals surface area contributed by atoms with E-state index in [-0.39, 0.29) is 5.41 Å². The predicted molar refractivity (Wildman–Crippen MR) is 87.2 cm³/mol. The highest BCUT2D eigenvalue weighted by Gasteiger charge is 2.31. The summed E-state index contributed by atoms with van der Waals surface area (Å²) in [6, 6.07) is 3.75. The third-order valence-corrected chi connectivity index (χ3v) is 6.22. The lowest BCUT2D eigenvalue weighted by atomic mass is 9.89. The first-order chi connectivity index (χ1) is 9.77. The van der Waals surface area contributed by atoms with Gasteiger partial charge in [0.15, 0.2) is 0 Å². The van der Waals surface area contributed by atoms with Crippen LogP contribution in [0.2, 0.25) is 0 Å². The predicted octanol–water partition coefficient (Wildman–Crippen LogP) is 3.20. The molecule has 5 heteroatoms. The van der Waals surface area contributed by atoms with Crippen LogP contribution in [0, 0.1) is 19.3 Å². The second-order valence-electron chi connectivity index (χ2n) is 6.53. The Balaban J connectivity index is 2.23. The molecule has 21 heavy (non-hydrogen) atoms. The minimum absolute atomic E-state index is 0.111. The van der Waals surface area contributed by atoms with Crippen LogP contribution in [0.5, 0.6) is 0 Å². The van der Waals surface area contributed by atoms with E-state index in [1.54, 1.807) is 0 Å². The summed E-state index contributed by atoms with van der Waals surface area (Å²) in [6.45, 7) is 6.40. The molecule has 0 amide bonds. The molecule has 4 nitrogen and oxygen atoms in total. The van der Waals surface area contributed by atoms with Gasteiger partial charge in [-0.25, -0.2) is 13.1 Å². The van der Waals surface area contributed by atoms with E-state index in [0.29, 0.717) is 11.4 Å². The summed E-state index contributed by atoms with van der Waals surface area (Å²) in [7, 11) is -1.62. The summed E-state index contributed by atoms with van der Waals surface area (Å²) in [5.74, 6) is 0. The molecule has 1 aromatic rings. The monoisotopic (exact) mass is 310 g/mol. The number of hydrogen-bond acceptors (Lipinski definition) is 3. The molecule has 0 atom stereocenters. The molecule has 0 spiro atoms. The summed E-state index contributed by atoms with van der Waals surface area (Å²) in [4.78, 5) is 0.420. The van der Waals surface area contributed by atoms with Crippen molar-refractivity contribution in [3.8, 4) is 0 Å². The van der Waals surface area contributed by atoms with E-state index in [0.717, 1.165) is 29.7 Å². The molecular formula is C16H26N2O2S. The van der Waals surface area contributed by atoms with Gasteiger partial charge in [0, 0.05) is 19.3 Å². The van der Waals surface area contributed by atoms with Crippen molar-refractivity contribution in [2.45, 2.75) is 51.3 Å². The van der Waals surface area contributed by atoms with Gasteiger partial charge in [0.05, 0.1) is 4.90 Å². The van der Waals surface area contributed by atoms with Gasteiger partial charge < -0.3 is 5.32 Å². The molecular weight excluding hydrogens is 284 g/mol. The fourth-order valence-corrected chi connectivity index (χ4v) is 4.91. The Labute approximate surface area is 128 Å². The first kappa shape index (κ1) is 16.3. The Kier molecular flexibility index (Phi) is 4.63. The van der Waals surface area contributed by atoms with Gasteiger partial charge in [-0.1, -0.05) is 19.8 Å². The molecule has 0 heterocycles. The number of rotatable bonds is 5. The summed E-state index contributed by atoms with van der Waals surface area (Å²) >= 11 is 0. The number of anilines is 1. The second-order valence-corrected chi connectivity index (χ2v) is 8.24. The van der Waals surface area contributed by atoms with Gasteiger partial charge >= 0.3 is 0 Å². The number of aryl methyl sites for hydroxylation is 2. The Morgan fingerprint density at radius 2 is 1.67 bits per heavy atom. The van der Waals surface area contributed by atoms with Crippen LogP contribution in [0.15, 0.2) is 17.0 Å². The van der Waals surface area contributed by atoms with Crippen molar-refractivity contribution in [2.75, 3.05) is 18.9 Å². The normalized spacial score (nSPS) is 17.9. The minimum atomic E-state index is -3.45. The quantitative estimate of drug-likeness (QED) is 0.878. The molecule has 1 saturated carbocycles. The van der Waals surface area contributed by atoms with E-state index in [1.807, 2.05) is 33.0 Å². The van der Waals surface area contributed by atoms with E-state index >= 15 is 0 Å². The lowest BCUT2D eigenvalue weighted by Crippen LogP contribution is -2.34. The highest BCUT2D eigenvalue weighted by molar-refractivity contribution is 7.89. The molecule has 118 valence electrons. The van der Waals surface area contributed by atoms with Gasteiger partial charge in [-0.2, -0.15) is 0 Å². The maximum Gasteiger partial charge on any atom is 0.241 e. The fraction of sp³-hybridized carbons (Fsp3) is 0.625. The highest BCUT2D eigenvalue weighted by atomic mass is 32.2. The SMILES string of the molecule is CNc1cc(C)c(S(=O)(=O)NCC2(C)CCCC2)c(C)c1. The van der Waals surface area contributed by atoms with E-state index < -0.39 is 10.0 Å². The van der Waals surface area contributed by atoms with Crippen molar-refractivity contribution in [1.29, 1.82) is 0 Å². The van der Waals surface area contributed by atoms with Gasteiger partial charge in [-0.05, 0) is 55.4 Å². The molecule has 0 saturated heterocycles. The summed E-state index contributed by atoms with van der Waals surface area (Å²) in [5.41, 5.74) is 2.61. The second kappa shape index (κ2) is 5.97. The molecule has 0 bridgehead atoms. The van der Waals surface area contributed by atoms with Crippen molar-refractivity contribution in [2.24, 2.45) is 5.41 Å². The largest absolute Gasteiger partial charge is 0.388 e. The van der Waals surface area contributed by atoms with E-state index in [1.165, 1.54) is 12.8 Å². The third-order valence-electron chi connectivity index (χ3n) is 4.52. The van der Waals surface area contributed by atoms with Gasteiger partial charge in [-0.3, -0.25) is 0 Å². The molecule has 0 aromatic heterocycles. The first-order valence-corrected chi connectivity index (χ1v) is 9.04. The topological polar surface area (TPSA) is 58.2 Å². The van der Waals surface area contributed by atoms with Crippen LogP contribution in [-0.2, 0) is 10.0 Å². The Hall–Kier alpha value is -1.07. The van der Waals surface area contributed by atoms with E-state index in [4.69, 9.17) is 0 Å². The lowest BCUT2D eigenvalue weighted by molar-refractivity contribution is 0.336. The van der Waals surface area contributed by atoms with Crippen molar-refractivity contribution < 1.29 is 8.42 Å². The van der Waals surface area contributed by atoms with Crippen LogP contribution in [0.3, 0.4) is 0 Å². The standard InChI is InChI=1S/C16H26N2O2S/c1-12-9-14(17-4)10-13(2)15(12)21(19,20)18-11-16(3)7-5-6-8-16/h9-10,17-18H,5-8,11H2,1-4H3. The summed E-state index contributed by atoms with van der Waals surface area (Å²) in [6.07, 6.45) is 4.61. The van der Waals surface area contributed by atoms with Crippen molar-refractivity contribution >= 4 is 15.7 Å². The smallest absolute Gasteiger partial charge is 0.241 e. The Bertz CT molecular complexity index is 594. The van der Waals surface area contributed by atoms with Gasteiger partial charge in [0.2, 0.25) is 10.0 Å². The Morgan fingerprint density at radius 3 is 2.14 bits per heavy atom. The average molecular weight is 310 g/mol. The molecule has 1 aromatic carbocycles. The first-order valence-electron chi connectivity index (χ1n) is 7.56. The zero-order valence-electron chi connectivity index (χ0n) is 13.4. The van der Waals surface area contributed by atoms with E-state index in [9.17, 15) is 8.42 Å². The minimum Gasteiger partial charge on any atom is -0.388 e. The molecule has 1 aliphatic carbocycles. The van der Waals surface area contributed by atoms with Gasteiger partial charge in [0.25, 0.3) is 0 Å². The zero-order chi connectivity index (χ0) is 15.7. The number of hydrogen-bond donors (Lipinski definition) is 2. The molecule has 2 N–H and O–H groups in total. The maximum absolute atomic E-state index is 12.6. The number of benzene rings is 1. The average Bonchev–Trinajstić information content (AvgIpc) is 2.83. The van der Waals surface area contributed by atoms with Crippen LogP contribution in [-0.4, -0.2) is 22.0 Å². The molecule has 1 aliphatic rings. The van der Waals surface area contributed by atoms with E-state index in [2.05, 4.69) is 17.0 Å². The van der Waals surface area contributed by atoms with Crippen LogP contribution in [0.1, 0.15) is 43.7 Å². The Morgan fingerprint density at radius 1 is 1.14 bits per heavy atom. The molecule has 0 unspecified atom stereocenters. The number of nitrogens with one attached hydrogen (secondary N) is 2. The highest BCUT2D eigenvalue weighted by Crippen LogP contribution is 2.37. The van der Waals surface area contributed by atoms with Crippen molar-refractivity contribution in [3.05, 3.63) is 23.3 Å². The van der Waals surface area contributed by atoms with Crippen molar-refractivity contribution in [1.82, 2.24) is 4.72 Å². The van der Waals surface area contributed by atoms with Crippen molar-refractivity contribution in [3.63, 3.8) is 0 Å². The third kappa shape index (κ3) is 3.58. The maximum atomic E-state index is 12.6. The van der Waals surface area contributed by atoms with Crippen LogP contribution in [0.25, 0.3) is 0 Å². The van der Waals surface area contributed by atoms with Crippen LogP contribution < -0.4 is 10.0 Å². The number of sulfonamides is 1. The van der Waals surface area contributed by atoms with Gasteiger partial charge in [0.1, 0.15) is 0 Å². The molecule has 1 fully saturated rings. The summed E-state index contributed by atoms with van der Waals surface area (Å²) in [5, 5.41) is 3.05. The van der Waals surface area contributed by atoms with Crippen LogP contribution in [0.4, 0.5) is 5.69 Å². The van der Waals surface area contributed by atoms with Gasteiger partial charge in [-0.15, -0.1) is 0 Å². The zero-order valence-corrected chi connectivity index (χ0v) is 14.2. The molecule has 0 radical (unpaired) electrons.